The summed E-state index contributed by atoms with van der Waals surface area (Å²) in [5.74, 6) is -0.157. The third-order valence-electron chi connectivity index (χ3n) is 2.62. The molecule has 19 heavy (non-hydrogen) atoms. The van der Waals surface area contributed by atoms with Gasteiger partial charge >= 0.3 is 0 Å². The highest BCUT2D eigenvalue weighted by atomic mass is 16.5. The molecule has 0 aliphatic heterocycles. The van der Waals surface area contributed by atoms with Gasteiger partial charge in [0.1, 0.15) is 11.6 Å². The zero-order valence-electron chi connectivity index (χ0n) is 11.2. The predicted octanol–water partition coefficient (Wildman–Crippen LogP) is 0.787. The van der Waals surface area contributed by atoms with Gasteiger partial charge < -0.3 is 14.6 Å². The van der Waals surface area contributed by atoms with E-state index >= 15 is 0 Å². The topological polar surface area (TPSA) is 84.5 Å². The summed E-state index contributed by atoms with van der Waals surface area (Å²) in [4.78, 5) is 11.9. The van der Waals surface area contributed by atoms with E-state index in [0.29, 0.717) is 25.4 Å². The van der Waals surface area contributed by atoms with Crippen LogP contribution >= 0.6 is 0 Å². The zero-order chi connectivity index (χ0) is 14.3. The summed E-state index contributed by atoms with van der Waals surface area (Å²) in [7, 11) is 0. The number of aryl methyl sites for hydroxylation is 1. The van der Waals surface area contributed by atoms with Gasteiger partial charge in [-0.2, -0.15) is 5.26 Å². The molecule has 1 heterocycles. The minimum Gasteiger partial charge on any atom is -0.494 e. The SMILES string of the molecule is CCOCCOCCn1c(O)cc(C)c(C#N)c1=O. The van der Waals surface area contributed by atoms with Crippen molar-refractivity contribution in [1.82, 2.24) is 4.57 Å². The van der Waals surface area contributed by atoms with Crippen molar-refractivity contribution in [2.24, 2.45) is 0 Å². The summed E-state index contributed by atoms with van der Waals surface area (Å²) >= 11 is 0. The molecule has 6 heteroatoms. The first kappa shape index (κ1) is 15.2. The van der Waals surface area contributed by atoms with Crippen LogP contribution in [0.15, 0.2) is 10.9 Å². The maximum Gasteiger partial charge on any atom is 0.271 e. The lowest BCUT2D eigenvalue weighted by Gasteiger charge is -2.10. The van der Waals surface area contributed by atoms with Crippen molar-refractivity contribution in [3.05, 3.63) is 27.5 Å². The van der Waals surface area contributed by atoms with E-state index in [0.717, 1.165) is 4.57 Å². The molecule has 0 aliphatic carbocycles. The highest BCUT2D eigenvalue weighted by Crippen LogP contribution is 2.11. The minimum atomic E-state index is -0.492. The van der Waals surface area contributed by atoms with Gasteiger partial charge in [-0.15, -0.1) is 0 Å². The Morgan fingerprint density at radius 1 is 1.37 bits per heavy atom. The predicted molar refractivity (Wildman–Crippen MR) is 69.1 cm³/mol. The second kappa shape index (κ2) is 7.56. The van der Waals surface area contributed by atoms with Crippen LogP contribution in [0, 0.1) is 18.3 Å². The van der Waals surface area contributed by atoms with E-state index in [1.807, 2.05) is 13.0 Å². The van der Waals surface area contributed by atoms with Crippen LogP contribution in [0.2, 0.25) is 0 Å². The van der Waals surface area contributed by atoms with Gasteiger partial charge in [-0.25, -0.2) is 0 Å². The van der Waals surface area contributed by atoms with E-state index in [4.69, 9.17) is 14.7 Å². The fourth-order valence-electron chi connectivity index (χ4n) is 1.62. The van der Waals surface area contributed by atoms with E-state index in [9.17, 15) is 9.90 Å². The van der Waals surface area contributed by atoms with Crippen molar-refractivity contribution < 1.29 is 14.6 Å². The van der Waals surface area contributed by atoms with Crippen LogP contribution in [0.5, 0.6) is 5.88 Å². The second-order valence-electron chi connectivity index (χ2n) is 3.94. The Labute approximate surface area is 111 Å². The Kier molecular flexibility index (Phi) is 6.06. The first-order valence-corrected chi connectivity index (χ1v) is 6.10. The van der Waals surface area contributed by atoms with E-state index in [2.05, 4.69) is 0 Å². The van der Waals surface area contributed by atoms with Gasteiger partial charge in [-0.05, 0) is 19.4 Å². The van der Waals surface area contributed by atoms with Crippen LogP contribution in [0.1, 0.15) is 18.1 Å². The first-order chi connectivity index (χ1) is 9.11. The van der Waals surface area contributed by atoms with Gasteiger partial charge in [0.2, 0.25) is 0 Å². The lowest BCUT2D eigenvalue weighted by molar-refractivity contribution is 0.0488. The molecule has 1 N–H and O–H groups in total. The molecule has 0 atom stereocenters. The maximum absolute atomic E-state index is 11.9. The average molecular weight is 266 g/mol. The van der Waals surface area contributed by atoms with Gasteiger partial charge in [0, 0.05) is 12.7 Å². The monoisotopic (exact) mass is 266 g/mol. The largest absolute Gasteiger partial charge is 0.494 e. The van der Waals surface area contributed by atoms with Crippen molar-refractivity contribution in [1.29, 1.82) is 5.26 Å². The van der Waals surface area contributed by atoms with Crippen molar-refractivity contribution in [3.8, 4) is 11.9 Å². The molecule has 0 saturated carbocycles. The Balaban J connectivity index is 2.64. The smallest absolute Gasteiger partial charge is 0.271 e. The highest BCUT2D eigenvalue weighted by Gasteiger charge is 2.11. The van der Waals surface area contributed by atoms with Crippen molar-refractivity contribution in [3.63, 3.8) is 0 Å². The first-order valence-electron chi connectivity index (χ1n) is 6.10. The van der Waals surface area contributed by atoms with Crippen LogP contribution < -0.4 is 5.56 Å². The molecule has 0 aromatic carbocycles. The van der Waals surface area contributed by atoms with Crippen molar-refractivity contribution >= 4 is 0 Å². The highest BCUT2D eigenvalue weighted by molar-refractivity contribution is 5.37. The Morgan fingerprint density at radius 2 is 2.05 bits per heavy atom. The molecule has 104 valence electrons. The molecule has 0 radical (unpaired) electrons. The fourth-order valence-corrected chi connectivity index (χ4v) is 1.62. The zero-order valence-corrected chi connectivity index (χ0v) is 11.2. The number of aromatic hydroxyl groups is 1. The minimum absolute atomic E-state index is 0.0483. The number of ether oxygens (including phenoxy) is 2. The molecule has 6 nitrogen and oxygen atoms in total. The summed E-state index contributed by atoms with van der Waals surface area (Å²) in [6.45, 7) is 5.54. The van der Waals surface area contributed by atoms with E-state index < -0.39 is 5.56 Å². The number of nitrogens with zero attached hydrogens (tertiary/aromatic N) is 2. The maximum atomic E-state index is 11.9. The normalized spacial score (nSPS) is 10.4. The molecule has 0 unspecified atom stereocenters. The molecule has 1 aromatic heterocycles. The van der Waals surface area contributed by atoms with E-state index in [1.54, 1.807) is 6.92 Å². The Morgan fingerprint density at radius 3 is 2.68 bits per heavy atom. The van der Waals surface area contributed by atoms with Gasteiger partial charge in [-0.1, -0.05) is 0 Å². The Hall–Kier alpha value is -1.84. The quantitative estimate of drug-likeness (QED) is 0.737. The van der Waals surface area contributed by atoms with Crippen LogP contribution in [-0.2, 0) is 16.0 Å². The molecule has 0 aliphatic rings. The molecular weight excluding hydrogens is 248 g/mol. The lowest BCUT2D eigenvalue weighted by atomic mass is 10.2. The molecule has 0 saturated heterocycles. The number of pyridine rings is 1. The van der Waals surface area contributed by atoms with Crippen molar-refractivity contribution in [2.45, 2.75) is 20.4 Å². The van der Waals surface area contributed by atoms with Gasteiger partial charge in [-0.3, -0.25) is 9.36 Å². The van der Waals surface area contributed by atoms with Crippen LogP contribution in [0.4, 0.5) is 0 Å². The molecule has 0 spiro atoms. The molecule has 0 amide bonds. The van der Waals surface area contributed by atoms with E-state index in [1.165, 1.54) is 6.07 Å². The fraction of sp³-hybridized carbons (Fsp3) is 0.538. The van der Waals surface area contributed by atoms with Gasteiger partial charge in [0.05, 0.1) is 26.4 Å². The number of nitriles is 1. The standard InChI is InChI=1S/C13H18N2O4/c1-3-18-6-7-19-5-4-15-12(16)8-10(2)11(9-14)13(15)17/h8,16H,3-7H2,1-2H3. The molecule has 0 bridgehead atoms. The molecule has 1 aromatic rings. The van der Waals surface area contributed by atoms with Crippen LogP contribution in [-0.4, -0.2) is 36.1 Å². The summed E-state index contributed by atoms with van der Waals surface area (Å²) in [6, 6.07) is 3.25. The third kappa shape index (κ3) is 4.09. The Bertz CT molecular complexity index is 517. The van der Waals surface area contributed by atoms with Crippen molar-refractivity contribution in [2.75, 3.05) is 26.4 Å². The van der Waals surface area contributed by atoms with Crippen LogP contribution in [0.3, 0.4) is 0 Å². The third-order valence-corrected chi connectivity index (χ3v) is 2.62. The molecular formula is C13H18N2O4. The summed E-state index contributed by atoms with van der Waals surface area (Å²) in [5.41, 5.74) is 0.0269. The molecule has 1 rings (SSSR count). The van der Waals surface area contributed by atoms with Gasteiger partial charge in [0.15, 0.2) is 5.88 Å². The summed E-state index contributed by atoms with van der Waals surface area (Å²) < 4.78 is 11.5. The number of hydrogen-bond donors (Lipinski definition) is 1. The summed E-state index contributed by atoms with van der Waals surface area (Å²) in [5, 5.41) is 18.6. The lowest BCUT2D eigenvalue weighted by Crippen LogP contribution is -2.25. The number of hydrogen-bond acceptors (Lipinski definition) is 5. The van der Waals surface area contributed by atoms with E-state index in [-0.39, 0.29) is 24.6 Å². The average Bonchev–Trinajstić information content (AvgIpc) is 2.37. The molecule has 0 fully saturated rings. The summed E-state index contributed by atoms with van der Waals surface area (Å²) in [6.07, 6.45) is 0. The van der Waals surface area contributed by atoms with Gasteiger partial charge in [0.25, 0.3) is 5.56 Å². The van der Waals surface area contributed by atoms with Crippen LogP contribution in [0.25, 0.3) is 0 Å². The second-order valence-corrected chi connectivity index (χ2v) is 3.94. The number of aromatic nitrogens is 1. The number of rotatable bonds is 7.